The zero-order chi connectivity index (χ0) is 13.8. The molecule has 100 valence electrons. The predicted octanol–water partition coefficient (Wildman–Crippen LogP) is 3.10. The third kappa shape index (κ3) is 4.31. The Morgan fingerprint density at radius 3 is 2.83 bits per heavy atom. The molecule has 0 atom stereocenters. The summed E-state index contributed by atoms with van der Waals surface area (Å²) in [6.07, 6.45) is 3.35. The minimum atomic E-state index is -0.566. The lowest BCUT2D eigenvalue weighted by Gasteiger charge is -2.20. The Bertz CT molecular complexity index is 406. The average molecular weight is 254 g/mol. The van der Waals surface area contributed by atoms with Crippen LogP contribution in [0.3, 0.4) is 0 Å². The van der Waals surface area contributed by atoms with E-state index in [4.69, 9.17) is 10.1 Å². The van der Waals surface area contributed by atoms with E-state index in [-0.39, 0.29) is 12.1 Å². The minimum Gasteiger partial charge on any atom is -0.444 e. The van der Waals surface area contributed by atoms with E-state index in [0.29, 0.717) is 18.4 Å². The summed E-state index contributed by atoms with van der Waals surface area (Å²) < 4.78 is 18.8. The van der Waals surface area contributed by atoms with Crippen molar-refractivity contribution in [2.75, 3.05) is 6.54 Å². The number of alkyl carbamates (subject to hydrolysis) is 1. The molecule has 0 unspecified atom stereocenters. The molecule has 5 heteroatoms. The average Bonchev–Trinajstić information content (AvgIpc) is 2.25. The van der Waals surface area contributed by atoms with Gasteiger partial charge in [-0.1, -0.05) is 6.08 Å². The second-order valence-corrected chi connectivity index (χ2v) is 5.12. The van der Waals surface area contributed by atoms with Gasteiger partial charge in [-0.05, 0) is 39.2 Å². The van der Waals surface area contributed by atoms with Crippen LogP contribution in [0.15, 0.2) is 23.0 Å². The summed E-state index contributed by atoms with van der Waals surface area (Å²) in [5.41, 5.74) is 0.216. The highest BCUT2D eigenvalue weighted by Gasteiger charge is 2.18. The molecular weight excluding hydrogens is 235 g/mol. The summed E-state index contributed by atoms with van der Waals surface area (Å²) in [4.78, 5) is 11.4. The molecule has 2 N–H and O–H groups in total. The van der Waals surface area contributed by atoms with Crippen LogP contribution < -0.4 is 5.32 Å². The standard InChI is InChI=1S/C13H19FN2O2/c1-13(2,3)18-12(17)16-8-10-6-4-5-9(7-15)11(10)14/h5,7,15H,4,6,8H2,1-3H3,(H,16,17). The number of amides is 1. The molecule has 0 aromatic rings. The van der Waals surface area contributed by atoms with Crippen molar-refractivity contribution in [1.29, 1.82) is 5.41 Å². The molecule has 4 nitrogen and oxygen atoms in total. The van der Waals surface area contributed by atoms with E-state index in [1.165, 1.54) is 0 Å². The topological polar surface area (TPSA) is 62.2 Å². The molecular formula is C13H19FN2O2. The first-order valence-electron chi connectivity index (χ1n) is 5.89. The molecule has 0 spiro atoms. The van der Waals surface area contributed by atoms with Crippen molar-refractivity contribution in [3.05, 3.63) is 23.0 Å². The lowest BCUT2D eigenvalue weighted by molar-refractivity contribution is 0.0532. The number of allylic oxidation sites excluding steroid dienone is 3. The van der Waals surface area contributed by atoms with Gasteiger partial charge in [-0.3, -0.25) is 0 Å². The van der Waals surface area contributed by atoms with E-state index >= 15 is 0 Å². The molecule has 1 aliphatic carbocycles. The Kier molecular flexibility index (Phi) is 4.64. The van der Waals surface area contributed by atoms with Crippen LogP contribution in [-0.4, -0.2) is 24.5 Å². The number of nitrogens with one attached hydrogen (secondary N) is 2. The van der Waals surface area contributed by atoms with Gasteiger partial charge in [0.05, 0.1) is 0 Å². The van der Waals surface area contributed by atoms with Crippen molar-refractivity contribution < 1.29 is 13.9 Å². The van der Waals surface area contributed by atoms with Crippen LogP contribution in [0.5, 0.6) is 0 Å². The smallest absolute Gasteiger partial charge is 0.407 e. The van der Waals surface area contributed by atoms with E-state index in [9.17, 15) is 9.18 Å². The molecule has 0 radical (unpaired) electrons. The summed E-state index contributed by atoms with van der Waals surface area (Å²) in [7, 11) is 0. The molecule has 0 saturated heterocycles. The Hall–Kier alpha value is -1.65. The zero-order valence-electron chi connectivity index (χ0n) is 11.0. The first-order valence-corrected chi connectivity index (χ1v) is 5.89. The van der Waals surface area contributed by atoms with Gasteiger partial charge in [0, 0.05) is 18.3 Å². The van der Waals surface area contributed by atoms with Crippen LogP contribution in [0.2, 0.25) is 0 Å². The van der Waals surface area contributed by atoms with Crippen molar-refractivity contribution >= 4 is 12.3 Å². The Balaban J connectivity index is 2.56. The van der Waals surface area contributed by atoms with Crippen LogP contribution in [0, 0.1) is 5.41 Å². The van der Waals surface area contributed by atoms with E-state index < -0.39 is 17.5 Å². The summed E-state index contributed by atoms with van der Waals surface area (Å²) in [6, 6.07) is 0. The molecule has 0 heterocycles. The number of hydrogen-bond acceptors (Lipinski definition) is 3. The number of hydrogen-bond donors (Lipinski definition) is 2. The van der Waals surface area contributed by atoms with E-state index in [1.54, 1.807) is 26.8 Å². The van der Waals surface area contributed by atoms with Crippen molar-refractivity contribution in [2.24, 2.45) is 0 Å². The quantitative estimate of drug-likeness (QED) is 0.760. The fourth-order valence-corrected chi connectivity index (χ4v) is 1.59. The van der Waals surface area contributed by atoms with Crippen molar-refractivity contribution in [3.8, 4) is 0 Å². The van der Waals surface area contributed by atoms with Gasteiger partial charge in [-0.2, -0.15) is 0 Å². The van der Waals surface area contributed by atoms with Gasteiger partial charge in [0.15, 0.2) is 0 Å². The van der Waals surface area contributed by atoms with Gasteiger partial charge in [-0.25, -0.2) is 9.18 Å². The van der Waals surface area contributed by atoms with Crippen LogP contribution in [-0.2, 0) is 4.74 Å². The van der Waals surface area contributed by atoms with Gasteiger partial charge >= 0.3 is 6.09 Å². The van der Waals surface area contributed by atoms with Crippen LogP contribution in [0.25, 0.3) is 0 Å². The molecule has 0 aromatic carbocycles. The molecule has 1 rings (SSSR count). The van der Waals surface area contributed by atoms with Crippen molar-refractivity contribution in [2.45, 2.75) is 39.2 Å². The fourth-order valence-electron chi connectivity index (χ4n) is 1.59. The molecule has 0 saturated carbocycles. The van der Waals surface area contributed by atoms with Gasteiger partial charge in [0.1, 0.15) is 11.4 Å². The number of ether oxygens (including phenoxy) is 1. The number of carbonyl (C=O) groups is 1. The molecule has 1 amide bonds. The van der Waals surface area contributed by atoms with Gasteiger partial charge < -0.3 is 15.5 Å². The highest BCUT2D eigenvalue weighted by atomic mass is 19.1. The summed E-state index contributed by atoms with van der Waals surface area (Å²) in [5, 5.41) is 9.60. The highest BCUT2D eigenvalue weighted by Crippen LogP contribution is 2.24. The summed E-state index contributed by atoms with van der Waals surface area (Å²) in [6.45, 7) is 5.42. The number of halogens is 1. The van der Waals surface area contributed by atoms with Crippen LogP contribution in [0.1, 0.15) is 33.6 Å². The van der Waals surface area contributed by atoms with Crippen molar-refractivity contribution in [1.82, 2.24) is 5.32 Å². The predicted molar refractivity (Wildman–Crippen MR) is 68.5 cm³/mol. The largest absolute Gasteiger partial charge is 0.444 e. The second kappa shape index (κ2) is 5.80. The maximum atomic E-state index is 13.8. The van der Waals surface area contributed by atoms with E-state index in [1.807, 2.05) is 0 Å². The molecule has 1 aliphatic rings. The zero-order valence-corrected chi connectivity index (χ0v) is 11.0. The van der Waals surface area contributed by atoms with Gasteiger partial charge in [0.25, 0.3) is 0 Å². The molecule has 0 aromatic heterocycles. The molecule has 18 heavy (non-hydrogen) atoms. The van der Waals surface area contributed by atoms with Gasteiger partial charge in [-0.15, -0.1) is 0 Å². The van der Waals surface area contributed by atoms with E-state index in [0.717, 1.165) is 6.21 Å². The molecule has 0 fully saturated rings. The normalized spacial score (nSPS) is 16.1. The summed E-state index contributed by atoms with van der Waals surface area (Å²) >= 11 is 0. The third-order valence-corrected chi connectivity index (χ3v) is 2.37. The maximum absolute atomic E-state index is 13.8. The molecule has 0 aliphatic heterocycles. The molecule has 0 bridgehead atoms. The second-order valence-electron chi connectivity index (χ2n) is 5.12. The highest BCUT2D eigenvalue weighted by molar-refractivity contribution is 5.82. The number of carbonyl (C=O) groups excluding carboxylic acids is 1. The van der Waals surface area contributed by atoms with Crippen LogP contribution in [0.4, 0.5) is 9.18 Å². The van der Waals surface area contributed by atoms with Gasteiger partial charge in [0.2, 0.25) is 0 Å². The number of rotatable bonds is 3. The fraction of sp³-hybridized carbons (Fsp3) is 0.538. The van der Waals surface area contributed by atoms with Crippen molar-refractivity contribution in [3.63, 3.8) is 0 Å². The first-order chi connectivity index (χ1) is 8.33. The maximum Gasteiger partial charge on any atom is 0.407 e. The SMILES string of the molecule is CC(C)(C)OC(=O)NCC1=C(F)C(C=N)=CCC1. The summed E-state index contributed by atoms with van der Waals surface area (Å²) in [5.74, 6) is -0.410. The van der Waals surface area contributed by atoms with E-state index in [2.05, 4.69) is 5.32 Å². The third-order valence-electron chi connectivity index (χ3n) is 2.37. The van der Waals surface area contributed by atoms with Crippen LogP contribution >= 0.6 is 0 Å². The minimum absolute atomic E-state index is 0.117. The first kappa shape index (κ1) is 14.4. The lowest BCUT2D eigenvalue weighted by atomic mass is 9.99. The monoisotopic (exact) mass is 254 g/mol. The lowest BCUT2D eigenvalue weighted by Crippen LogP contribution is -2.33. The Morgan fingerprint density at radius 2 is 2.28 bits per heavy atom. The Morgan fingerprint density at radius 1 is 1.61 bits per heavy atom. The Labute approximate surface area is 106 Å².